The predicted molar refractivity (Wildman–Crippen MR) is 115 cm³/mol. The Morgan fingerprint density at radius 2 is 1.45 bits per heavy atom. The second-order valence-corrected chi connectivity index (χ2v) is 9.30. The van der Waals surface area contributed by atoms with Crippen molar-refractivity contribution in [1.82, 2.24) is 10.8 Å². The zero-order chi connectivity index (χ0) is 26.6. The van der Waals surface area contributed by atoms with E-state index in [1.807, 2.05) is 41.5 Å². The topological polar surface area (TPSA) is 148 Å². The molecule has 0 aliphatic carbocycles. The Kier molecular flexibility index (Phi) is 14.6. The van der Waals surface area contributed by atoms with Crippen LogP contribution in [0.4, 0.5) is 13.2 Å². The fourth-order valence-electron chi connectivity index (χ4n) is 2.67. The van der Waals surface area contributed by atoms with Crippen molar-refractivity contribution in [2.75, 3.05) is 0 Å². The highest BCUT2D eigenvalue weighted by molar-refractivity contribution is 5.92. The Morgan fingerprint density at radius 3 is 1.82 bits per heavy atom. The van der Waals surface area contributed by atoms with Gasteiger partial charge < -0.3 is 21.0 Å². The van der Waals surface area contributed by atoms with Gasteiger partial charge >= 0.3 is 18.1 Å². The van der Waals surface area contributed by atoms with Crippen LogP contribution in [0.15, 0.2) is 0 Å². The van der Waals surface area contributed by atoms with Gasteiger partial charge in [-0.2, -0.15) is 18.7 Å². The average molecular weight is 486 g/mol. The molecule has 0 aromatic rings. The molecule has 0 aliphatic rings. The SMILES string of the molecule is CC(C)CCC(=O)ONC(=O)[C@](C)(CC(C)C)NC(=O)[C@@H](N)CC(C)C.O=C(O)C(F)(F)F. The van der Waals surface area contributed by atoms with Gasteiger partial charge in [-0.15, -0.1) is 0 Å². The summed E-state index contributed by atoms with van der Waals surface area (Å²) >= 11 is 0. The molecule has 12 heteroatoms. The maximum atomic E-state index is 12.6. The van der Waals surface area contributed by atoms with Crippen LogP contribution in [0.1, 0.15) is 74.1 Å². The molecule has 0 aromatic carbocycles. The lowest BCUT2D eigenvalue weighted by Crippen LogP contribution is -2.60. The number of rotatable bonds is 10. The molecule has 0 bridgehead atoms. The summed E-state index contributed by atoms with van der Waals surface area (Å²) in [5.74, 6) is -3.43. The fraction of sp³-hybridized carbons (Fsp3) is 0.810. The molecule has 0 rings (SSSR count). The number of carbonyl (C=O) groups is 4. The lowest BCUT2D eigenvalue weighted by atomic mass is 9.89. The van der Waals surface area contributed by atoms with Gasteiger partial charge in [0.05, 0.1) is 6.04 Å². The number of hydrogen-bond acceptors (Lipinski definition) is 6. The molecule has 0 heterocycles. The molecule has 33 heavy (non-hydrogen) atoms. The number of hydroxylamine groups is 1. The standard InChI is InChI=1S/C19H37N3O4.C2HF3O2/c1-12(2)8-9-16(23)26-22-18(25)19(7,11-14(5)6)21-17(24)15(20)10-13(3)4;3-2(4,5)1(6)7/h12-15H,8-11,20H2,1-7H3,(H,21,24)(H,22,25);(H,6,7)/t15-,19-;/m0./s1. The lowest BCUT2D eigenvalue weighted by Gasteiger charge is -2.32. The van der Waals surface area contributed by atoms with Crippen molar-refractivity contribution in [3.63, 3.8) is 0 Å². The second kappa shape index (κ2) is 14.7. The largest absolute Gasteiger partial charge is 0.490 e. The first-order valence-electron chi connectivity index (χ1n) is 10.7. The van der Waals surface area contributed by atoms with Gasteiger partial charge in [-0.3, -0.25) is 9.59 Å². The van der Waals surface area contributed by atoms with E-state index in [0.717, 1.165) is 0 Å². The maximum Gasteiger partial charge on any atom is 0.490 e. The third-order valence-electron chi connectivity index (χ3n) is 4.20. The molecule has 194 valence electrons. The molecule has 0 saturated heterocycles. The minimum atomic E-state index is -5.08. The van der Waals surface area contributed by atoms with Crippen LogP contribution in [0.3, 0.4) is 0 Å². The number of nitrogens with one attached hydrogen (secondary N) is 2. The summed E-state index contributed by atoms with van der Waals surface area (Å²) in [5, 5.41) is 9.86. The van der Waals surface area contributed by atoms with E-state index >= 15 is 0 Å². The number of aliphatic carboxylic acids is 1. The molecule has 0 spiro atoms. The molecule has 0 saturated carbocycles. The van der Waals surface area contributed by atoms with Crippen molar-refractivity contribution in [3.05, 3.63) is 0 Å². The van der Waals surface area contributed by atoms with E-state index in [9.17, 15) is 27.6 Å². The molecule has 0 aliphatic heterocycles. The van der Waals surface area contributed by atoms with Crippen molar-refractivity contribution in [2.24, 2.45) is 23.5 Å². The van der Waals surface area contributed by atoms with Crippen molar-refractivity contribution in [3.8, 4) is 0 Å². The zero-order valence-corrected chi connectivity index (χ0v) is 20.3. The Bertz CT molecular complexity index is 654. The van der Waals surface area contributed by atoms with Crippen molar-refractivity contribution in [1.29, 1.82) is 0 Å². The Hall–Kier alpha value is -2.37. The number of carboxylic acids is 1. The van der Waals surface area contributed by atoms with Crippen LogP contribution in [-0.4, -0.2) is 46.6 Å². The molecule has 0 unspecified atom stereocenters. The first-order valence-corrected chi connectivity index (χ1v) is 10.7. The molecule has 5 N–H and O–H groups in total. The molecule has 0 aromatic heterocycles. The van der Waals surface area contributed by atoms with Crippen LogP contribution in [0.25, 0.3) is 0 Å². The third kappa shape index (κ3) is 16.0. The van der Waals surface area contributed by atoms with Crippen LogP contribution >= 0.6 is 0 Å². The fourth-order valence-corrected chi connectivity index (χ4v) is 2.67. The Labute approximate surface area is 192 Å². The van der Waals surface area contributed by atoms with E-state index in [0.29, 0.717) is 25.2 Å². The Morgan fingerprint density at radius 1 is 0.970 bits per heavy atom. The number of amides is 2. The van der Waals surface area contributed by atoms with Crippen LogP contribution in [-0.2, 0) is 24.0 Å². The summed E-state index contributed by atoms with van der Waals surface area (Å²) in [5.41, 5.74) is 6.90. The quantitative estimate of drug-likeness (QED) is 0.348. The summed E-state index contributed by atoms with van der Waals surface area (Å²) in [6.45, 7) is 13.5. The molecule has 2 atom stereocenters. The van der Waals surface area contributed by atoms with Crippen LogP contribution in [0.5, 0.6) is 0 Å². The monoisotopic (exact) mass is 485 g/mol. The summed E-state index contributed by atoms with van der Waals surface area (Å²) < 4.78 is 31.7. The lowest BCUT2D eigenvalue weighted by molar-refractivity contribution is -0.192. The van der Waals surface area contributed by atoms with Crippen molar-refractivity contribution >= 4 is 23.8 Å². The second-order valence-electron chi connectivity index (χ2n) is 9.30. The normalized spacial score (nSPS) is 14.1. The summed E-state index contributed by atoms with van der Waals surface area (Å²) in [6, 6.07) is -0.692. The number of halogens is 3. The summed E-state index contributed by atoms with van der Waals surface area (Å²) in [7, 11) is 0. The number of alkyl halides is 3. The number of hydrogen-bond donors (Lipinski definition) is 4. The number of nitrogens with two attached hydrogens (primary N) is 1. The van der Waals surface area contributed by atoms with Gasteiger partial charge in [-0.05, 0) is 43.9 Å². The maximum absolute atomic E-state index is 12.6. The van der Waals surface area contributed by atoms with Gasteiger partial charge in [-0.25, -0.2) is 9.59 Å². The van der Waals surface area contributed by atoms with Gasteiger partial charge in [-0.1, -0.05) is 41.5 Å². The van der Waals surface area contributed by atoms with E-state index in [4.69, 9.17) is 20.5 Å². The highest BCUT2D eigenvalue weighted by Gasteiger charge is 2.38. The number of carbonyl (C=O) groups excluding carboxylic acids is 3. The highest BCUT2D eigenvalue weighted by Crippen LogP contribution is 2.18. The van der Waals surface area contributed by atoms with Gasteiger partial charge in [0.1, 0.15) is 5.54 Å². The summed E-state index contributed by atoms with van der Waals surface area (Å²) in [6.07, 6.45) is -3.26. The van der Waals surface area contributed by atoms with Crippen molar-refractivity contribution in [2.45, 2.75) is 91.9 Å². The number of carboxylic acid groups (broad SMARTS) is 1. The molecule has 0 fully saturated rings. The minimum absolute atomic E-state index is 0.143. The van der Waals surface area contributed by atoms with E-state index in [2.05, 4.69) is 10.8 Å². The van der Waals surface area contributed by atoms with Gasteiger partial charge in [0.15, 0.2) is 0 Å². The molecule has 9 nitrogen and oxygen atoms in total. The molecular weight excluding hydrogens is 447 g/mol. The first-order chi connectivity index (χ1) is 14.8. The van der Waals surface area contributed by atoms with Gasteiger partial charge in [0, 0.05) is 6.42 Å². The van der Waals surface area contributed by atoms with Crippen LogP contribution < -0.4 is 16.5 Å². The van der Waals surface area contributed by atoms with E-state index in [1.54, 1.807) is 6.92 Å². The van der Waals surface area contributed by atoms with Crippen LogP contribution in [0, 0.1) is 17.8 Å². The molecule has 2 amide bonds. The molecular formula is C21H38F3N3O6. The van der Waals surface area contributed by atoms with E-state index < -0.39 is 35.6 Å². The van der Waals surface area contributed by atoms with Crippen LogP contribution in [0.2, 0.25) is 0 Å². The van der Waals surface area contributed by atoms with Crippen molar-refractivity contribution < 1.29 is 42.3 Å². The highest BCUT2D eigenvalue weighted by atomic mass is 19.4. The smallest absolute Gasteiger partial charge is 0.475 e. The minimum Gasteiger partial charge on any atom is -0.475 e. The first kappa shape index (κ1) is 32.8. The zero-order valence-electron chi connectivity index (χ0n) is 20.3. The van der Waals surface area contributed by atoms with E-state index in [-0.39, 0.29) is 24.2 Å². The average Bonchev–Trinajstić information content (AvgIpc) is 2.62. The molecule has 0 radical (unpaired) electrons. The predicted octanol–water partition coefficient (Wildman–Crippen LogP) is 2.92. The Balaban J connectivity index is 0. The van der Waals surface area contributed by atoms with Gasteiger partial charge in [0.2, 0.25) is 5.91 Å². The summed E-state index contributed by atoms with van der Waals surface area (Å²) in [4.78, 5) is 50.4. The third-order valence-corrected chi connectivity index (χ3v) is 4.20. The van der Waals surface area contributed by atoms with E-state index in [1.165, 1.54) is 0 Å². The van der Waals surface area contributed by atoms with Gasteiger partial charge in [0.25, 0.3) is 5.91 Å².